The summed E-state index contributed by atoms with van der Waals surface area (Å²) in [5.41, 5.74) is 0.476. The Bertz CT molecular complexity index is 163. The number of rotatable bonds is 1. The zero-order chi connectivity index (χ0) is 7.56. The van der Waals surface area contributed by atoms with Crippen LogP contribution in [-0.2, 0) is 0 Å². The Labute approximate surface area is 59.5 Å². The third kappa shape index (κ3) is 1.65. The van der Waals surface area contributed by atoms with E-state index in [1.807, 2.05) is 0 Å². The molecule has 0 aromatic carbocycles. The summed E-state index contributed by atoms with van der Waals surface area (Å²) in [6.07, 6.45) is 3.38. The van der Waals surface area contributed by atoms with E-state index in [0.717, 1.165) is 0 Å². The molecule has 0 aromatic rings. The van der Waals surface area contributed by atoms with Crippen LogP contribution in [0, 0.1) is 11.3 Å². The van der Waals surface area contributed by atoms with E-state index >= 15 is 0 Å². The van der Waals surface area contributed by atoms with Crippen molar-refractivity contribution in [2.24, 2.45) is 5.92 Å². The highest BCUT2D eigenvalue weighted by atomic mass is 16.5. The van der Waals surface area contributed by atoms with Crippen LogP contribution < -0.4 is 0 Å². The Balaban J connectivity index is 2.52. The second kappa shape index (κ2) is 2.94. The highest BCUT2D eigenvalue weighted by Crippen LogP contribution is 2.18. The van der Waals surface area contributed by atoms with Crippen LogP contribution in [0.1, 0.15) is 12.8 Å². The molecule has 1 aliphatic rings. The predicted octanol–water partition coefficient (Wildman–Crippen LogP) is 0.283. The van der Waals surface area contributed by atoms with Gasteiger partial charge in [-0.2, -0.15) is 0 Å². The lowest BCUT2D eigenvalue weighted by Gasteiger charge is -2.19. The fourth-order valence-electron chi connectivity index (χ4n) is 1.05. The Kier molecular flexibility index (Phi) is 2.19. The summed E-state index contributed by atoms with van der Waals surface area (Å²) in [5.74, 6) is -0.169. The van der Waals surface area contributed by atoms with Crippen molar-refractivity contribution >= 4 is 5.71 Å². The van der Waals surface area contributed by atoms with E-state index in [2.05, 4.69) is 0 Å². The van der Waals surface area contributed by atoms with E-state index in [-0.39, 0.29) is 5.92 Å². The monoisotopic (exact) mass is 141 g/mol. The Morgan fingerprint density at radius 1 is 1.60 bits per heavy atom. The van der Waals surface area contributed by atoms with Crippen LogP contribution in [0.2, 0.25) is 0 Å². The molecule has 0 amide bonds. The summed E-state index contributed by atoms with van der Waals surface area (Å²) in [7, 11) is 0. The van der Waals surface area contributed by atoms with Gasteiger partial charge >= 0.3 is 0 Å². The molecule has 0 aliphatic heterocycles. The molecular weight excluding hydrogens is 130 g/mol. The van der Waals surface area contributed by atoms with Gasteiger partial charge in [0.2, 0.25) is 0 Å². The lowest BCUT2D eigenvalue weighted by atomic mass is 9.93. The Morgan fingerprint density at radius 3 is 2.70 bits per heavy atom. The van der Waals surface area contributed by atoms with Crippen LogP contribution in [0.15, 0.2) is 12.2 Å². The molecular formula is C7H11NO2. The van der Waals surface area contributed by atoms with Gasteiger partial charge in [0.25, 0.3) is 0 Å². The molecule has 3 nitrogen and oxygen atoms in total. The molecule has 3 heteroatoms. The summed E-state index contributed by atoms with van der Waals surface area (Å²) >= 11 is 0. The SMILES string of the molecule is N=C1C=CCC(C(O)O)C1. The van der Waals surface area contributed by atoms with Gasteiger partial charge < -0.3 is 15.6 Å². The number of hydrogen-bond acceptors (Lipinski definition) is 3. The summed E-state index contributed by atoms with van der Waals surface area (Å²) in [6, 6.07) is 0. The van der Waals surface area contributed by atoms with Crippen LogP contribution in [0.5, 0.6) is 0 Å². The van der Waals surface area contributed by atoms with E-state index in [9.17, 15) is 0 Å². The summed E-state index contributed by atoms with van der Waals surface area (Å²) in [5, 5.41) is 24.6. The average Bonchev–Trinajstić information content (AvgIpc) is 1.88. The first-order valence-corrected chi connectivity index (χ1v) is 3.30. The van der Waals surface area contributed by atoms with E-state index in [0.29, 0.717) is 18.6 Å². The molecule has 0 radical (unpaired) electrons. The fraction of sp³-hybridized carbons (Fsp3) is 0.571. The van der Waals surface area contributed by atoms with Gasteiger partial charge in [0, 0.05) is 11.6 Å². The first-order valence-electron chi connectivity index (χ1n) is 3.30. The predicted molar refractivity (Wildman–Crippen MR) is 37.8 cm³/mol. The van der Waals surface area contributed by atoms with Crippen molar-refractivity contribution in [3.8, 4) is 0 Å². The van der Waals surface area contributed by atoms with Gasteiger partial charge in [0.1, 0.15) is 0 Å². The highest BCUT2D eigenvalue weighted by Gasteiger charge is 2.18. The number of aliphatic hydroxyl groups excluding tert-OH is 1. The third-order valence-electron chi connectivity index (χ3n) is 1.66. The van der Waals surface area contributed by atoms with E-state index in [1.54, 1.807) is 12.2 Å². The number of aliphatic hydroxyl groups is 2. The number of allylic oxidation sites excluding steroid dienone is 2. The molecule has 0 saturated heterocycles. The molecule has 0 spiro atoms. The van der Waals surface area contributed by atoms with Crippen molar-refractivity contribution in [1.82, 2.24) is 0 Å². The van der Waals surface area contributed by atoms with Crippen molar-refractivity contribution in [2.45, 2.75) is 19.1 Å². The summed E-state index contributed by atoms with van der Waals surface area (Å²) in [6.45, 7) is 0. The molecule has 0 bridgehead atoms. The Morgan fingerprint density at radius 2 is 2.30 bits per heavy atom. The topological polar surface area (TPSA) is 64.3 Å². The zero-order valence-electron chi connectivity index (χ0n) is 5.62. The molecule has 1 atom stereocenters. The van der Waals surface area contributed by atoms with Crippen molar-refractivity contribution in [3.05, 3.63) is 12.2 Å². The van der Waals surface area contributed by atoms with Crippen LogP contribution in [0.25, 0.3) is 0 Å². The fourth-order valence-corrected chi connectivity index (χ4v) is 1.05. The molecule has 1 aliphatic carbocycles. The van der Waals surface area contributed by atoms with Crippen LogP contribution in [-0.4, -0.2) is 22.2 Å². The van der Waals surface area contributed by atoms with Crippen LogP contribution in [0.3, 0.4) is 0 Å². The normalized spacial score (nSPS) is 25.9. The lowest BCUT2D eigenvalue weighted by Crippen LogP contribution is -2.23. The second-order valence-corrected chi connectivity index (χ2v) is 2.54. The minimum atomic E-state index is -1.27. The van der Waals surface area contributed by atoms with Crippen molar-refractivity contribution in [2.75, 3.05) is 0 Å². The average molecular weight is 141 g/mol. The van der Waals surface area contributed by atoms with E-state index in [1.165, 1.54) is 0 Å². The molecule has 0 aromatic heterocycles. The maximum Gasteiger partial charge on any atom is 0.154 e. The van der Waals surface area contributed by atoms with E-state index < -0.39 is 6.29 Å². The standard InChI is InChI=1S/C7H11NO2/c8-6-3-1-2-5(4-6)7(9)10/h1,3,5,7-10H,2,4H2. The van der Waals surface area contributed by atoms with Crippen LogP contribution >= 0.6 is 0 Å². The lowest BCUT2D eigenvalue weighted by molar-refractivity contribution is -0.0810. The zero-order valence-corrected chi connectivity index (χ0v) is 5.62. The highest BCUT2D eigenvalue weighted by molar-refractivity contribution is 5.93. The number of hydrogen-bond donors (Lipinski definition) is 3. The van der Waals surface area contributed by atoms with Gasteiger partial charge in [0.15, 0.2) is 6.29 Å². The largest absolute Gasteiger partial charge is 0.368 e. The first kappa shape index (κ1) is 7.44. The maximum atomic E-state index is 8.72. The molecule has 1 unspecified atom stereocenters. The first-order chi connectivity index (χ1) is 4.70. The van der Waals surface area contributed by atoms with Gasteiger partial charge in [-0.1, -0.05) is 6.08 Å². The second-order valence-electron chi connectivity index (χ2n) is 2.54. The van der Waals surface area contributed by atoms with Gasteiger partial charge in [-0.05, 0) is 18.9 Å². The van der Waals surface area contributed by atoms with Crippen LogP contribution in [0.4, 0.5) is 0 Å². The molecule has 3 N–H and O–H groups in total. The summed E-state index contributed by atoms with van der Waals surface area (Å²) < 4.78 is 0. The molecule has 56 valence electrons. The third-order valence-corrected chi connectivity index (χ3v) is 1.66. The minimum Gasteiger partial charge on any atom is -0.368 e. The quantitative estimate of drug-likeness (QED) is 0.459. The number of nitrogens with one attached hydrogen (secondary N) is 1. The maximum absolute atomic E-state index is 8.72. The molecule has 0 saturated carbocycles. The summed E-state index contributed by atoms with van der Waals surface area (Å²) in [4.78, 5) is 0. The van der Waals surface area contributed by atoms with Crippen molar-refractivity contribution in [1.29, 1.82) is 5.41 Å². The van der Waals surface area contributed by atoms with Crippen molar-refractivity contribution in [3.63, 3.8) is 0 Å². The van der Waals surface area contributed by atoms with Gasteiger partial charge in [-0.25, -0.2) is 0 Å². The smallest absolute Gasteiger partial charge is 0.154 e. The molecule has 10 heavy (non-hydrogen) atoms. The van der Waals surface area contributed by atoms with Crippen molar-refractivity contribution < 1.29 is 10.2 Å². The van der Waals surface area contributed by atoms with Gasteiger partial charge in [-0.15, -0.1) is 0 Å². The van der Waals surface area contributed by atoms with Gasteiger partial charge in [0.05, 0.1) is 0 Å². The minimum absolute atomic E-state index is 0.169. The van der Waals surface area contributed by atoms with E-state index in [4.69, 9.17) is 15.6 Å². The molecule has 1 rings (SSSR count). The van der Waals surface area contributed by atoms with Gasteiger partial charge in [-0.3, -0.25) is 0 Å². The molecule has 0 heterocycles. The molecule has 0 fully saturated rings. The Hall–Kier alpha value is -0.670.